The highest BCUT2D eigenvalue weighted by molar-refractivity contribution is 5.89. The first-order chi connectivity index (χ1) is 12.1. The molecule has 0 bridgehead atoms. The third kappa shape index (κ3) is 3.56. The van der Waals surface area contributed by atoms with Gasteiger partial charge in [-0.1, -0.05) is 43.2 Å². The lowest BCUT2D eigenvalue weighted by Crippen LogP contribution is -2.49. The van der Waals surface area contributed by atoms with Gasteiger partial charge in [0.1, 0.15) is 0 Å². The van der Waals surface area contributed by atoms with E-state index in [1.807, 2.05) is 30.1 Å². The summed E-state index contributed by atoms with van der Waals surface area (Å²) >= 11 is 0. The number of hydrogen-bond acceptors (Lipinski definition) is 3. The summed E-state index contributed by atoms with van der Waals surface area (Å²) < 4.78 is 0. The number of carbonyl (C=O) groups is 2. The Balaban J connectivity index is 1.87. The minimum Gasteiger partial charge on any atom is -0.359 e. The maximum absolute atomic E-state index is 13.6. The van der Waals surface area contributed by atoms with Crippen molar-refractivity contribution in [3.05, 3.63) is 35.9 Å². The van der Waals surface area contributed by atoms with Crippen molar-refractivity contribution in [1.82, 2.24) is 15.1 Å². The van der Waals surface area contributed by atoms with E-state index >= 15 is 0 Å². The van der Waals surface area contributed by atoms with E-state index in [0.29, 0.717) is 19.6 Å². The Bertz CT molecular complexity index is 611. The van der Waals surface area contributed by atoms with Gasteiger partial charge in [0, 0.05) is 33.2 Å². The van der Waals surface area contributed by atoms with Crippen LogP contribution >= 0.6 is 0 Å². The van der Waals surface area contributed by atoms with Gasteiger partial charge in [0.05, 0.1) is 11.3 Å². The van der Waals surface area contributed by atoms with Crippen molar-refractivity contribution in [2.75, 3.05) is 40.3 Å². The molecule has 1 saturated carbocycles. The number of amides is 2. The van der Waals surface area contributed by atoms with Crippen LogP contribution in [0.15, 0.2) is 30.3 Å². The van der Waals surface area contributed by atoms with E-state index in [-0.39, 0.29) is 17.7 Å². The molecule has 0 aromatic heterocycles. The van der Waals surface area contributed by atoms with Gasteiger partial charge >= 0.3 is 0 Å². The molecule has 1 aliphatic carbocycles. The van der Waals surface area contributed by atoms with Crippen LogP contribution < -0.4 is 5.32 Å². The van der Waals surface area contributed by atoms with E-state index in [0.717, 1.165) is 37.8 Å². The van der Waals surface area contributed by atoms with Gasteiger partial charge in [-0.2, -0.15) is 0 Å². The van der Waals surface area contributed by atoms with Crippen LogP contribution in [0.25, 0.3) is 0 Å². The molecule has 1 atom stereocenters. The van der Waals surface area contributed by atoms with Crippen LogP contribution in [-0.4, -0.2) is 61.9 Å². The first kappa shape index (κ1) is 17.9. The lowest BCUT2D eigenvalue weighted by molar-refractivity contribution is -0.138. The van der Waals surface area contributed by atoms with E-state index in [1.165, 1.54) is 0 Å². The van der Waals surface area contributed by atoms with E-state index < -0.39 is 5.41 Å². The Morgan fingerprint density at radius 2 is 1.76 bits per heavy atom. The molecule has 1 aromatic rings. The van der Waals surface area contributed by atoms with Crippen LogP contribution in [0, 0.1) is 5.92 Å². The molecule has 3 rings (SSSR count). The average molecular weight is 343 g/mol. The lowest BCUT2D eigenvalue weighted by Gasteiger charge is -2.35. The summed E-state index contributed by atoms with van der Waals surface area (Å²) in [5.41, 5.74) is 0.726. The molecular formula is C20H29N3O2. The van der Waals surface area contributed by atoms with Crippen molar-refractivity contribution < 1.29 is 9.59 Å². The Morgan fingerprint density at radius 3 is 2.40 bits per heavy atom. The van der Waals surface area contributed by atoms with Crippen LogP contribution in [0.3, 0.4) is 0 Å². The Morgan fingerprint density at radius 1 is 1.08 bits per heavy atom. The highest BCUT2D eigenvalue weighted by Gasteiger charge is 2.45. The van der Waals surface area contributed by atoms with E-state index in [1.54, 1.807) is 7.05 Å². The highest BCUT2D eigenvalue weighted by Crippen LogP contribution is 2.42. The predicted molar refractivity (Wildman–Crippen MR) is 98.2 cm³/mol. The van der Waals surface area contributed by atoms with Gasteiger partial charge in [0.2, 0.25) is 11.8 Å². The fraction of sp³-hybridized carbons (Fsp3) is 0.600. The van der Waals surface area contributed by atoms with Gasteiger partial charge in [-0.15, -0.1) is 0 Å². The van der Waals surface area contributed by atoms with E-state index in [2.05, 4.69) is 22.3 Å². The molecule has 1 heterocycles. The molecule has 1 saturated heterocycles. The van der Waals surface area contributed by atoms with Crippen molar-refractivity contribution in [2.45, 2.75) is 31.1 Å². The van der Waals surface area contributed by atoms with E-state index in [4.69, 9.17) is 0 Å². The normalized spacial score (nSPS) is 23.9. The molecule has 1 unspecified atom stereocenters. The predicted octanol–water partition coefficient (Wildman–Crippen LogP) is 1.63. The molecule has 25 heavy (non-hydrogen) atoms. The number of benzene rings is 1. The second-order valence-corrected chi connectivity index (χ2v) is 7.48. The van der Waals surface area contributed by atoms with E-state index in [9.17, 15) is 9.59 Å². The summed E-state index contributed by atoms with van der Waals surface area (Å²) in [7, 11) is 3.69. The number of rotatable bonds is 3. The Hall–Kier alpha value is -1.88. The number of nitrogens with zero attached hydrogens (tertiary/aromatic N) is 2. The Labute approximate surface area is 150 Å². The van der Waals surface area contributed by atoms with Gasteiger partial charge in [-0.25, -0.2) is 0 Å². The monoisotopic (exact) mass is 343 g/mol. The second-order valence-electron chi connectivity index (χ2n) is 7.48. The summed E-state index contributed by atoms with van der Waals surface area (Å²) in [4.78, 5) is 29.9. The summed E-state index contributed by atoms with van der Waals surface area (Å²) in [5, 5.41) is 2.75. The summed E-state index contributed by atoms with van der Waals surface area (Å²) in [6, 6.07) is 10.2. The molecule has 2 amide bonds. The molecular weight excluding hydrogens is 314 g/mol. The van der Waals surface area contributed by atoms with Crippen molar-refractivity contribution >= 4 is 11.8 Å². The maximum atomic E-state index is 13.6. The largest absolute Gasteiger partial charge is 0.359 e. The summed E-state index contributed by atoms with van der Waals surface area (Å²) in [5.74, 6) is 0.0582. The molecule has 0 spiro atoms. The number of nitrogens with one attached hydrogen (secondary N) is 1. The van der Waals surface area contributed by atoms with Crippen molar-refractivity contribution in [3.63, 3.8) is 0 Å². The fourth-order valence-electron chi connectivity index (χ4n) is 4.39. The topological polar surface area (TPSA) is 52.7 Å². The fourth-order valence-corrected chi connectivity index (χ4v) is 4.39. The molecule has 1 N–H and O–H groups in total. The smallest absolute Gasteiger partial charge is 0.233 e. The van der Waals surface area contributed by atoms with Gasteiger partial charge in [0.25, 0.3) is 0 Å². The molecule has 1 aliphatic heterocycles. The van der Waals surface area contributed by atoms with Gasteiger partial charge in [0.15, 0.2) is 0 Å². The lowest BCUT2D eigenvalue weighted by atomic mass is 9.77. The van der Waals surface area contributed by atoms with Crippen LogP contribution in [-0.2, 0) is 15.0 Å². The van der Waals surface area contributed by atoms with Crippen LogP contribution in [0.5, 0.6) is 0 Å². The standard InChI is InChI=1S/C20H29N3O2/c1-21-18(24)16-14-22(2)12-13-23(15-16)19(25)20(10-6-7-11-20)17-8-4-3-5-9-17/h3-5,8-9,16H,6-7,10-15H2,1-2H3,(H,21,24). The average Bonchev–Trinajstić information content (AvgIpc) is 3.06. The zero-order valence-electron chi connectivity index (χ0n) is 15.3. The van der Waals surface area contributed by atoms with Gasteiger partial charge in [-0.05, 0) is 25.5 Å². The van der Waals surface area contributed by atoms with Crippen LogP contribution in [0.2, 0.25) is 0 Å². The third-order valence-electron chi connectivity index (χ3n) is 5.82. The number of likely N-dealkylation sites (N-methyl/N-ethyl adjacent to an activating group) is 1. The number of hydrogen-bond donors (Lipinski definition) is 1. The molecule has 5 heteroatoms. The maximum Gasteiger partial charge on any atom is 0.233 e. The van der Waals surface area contributed by atoms with Gasteiger partial charge < -0.3 is 15.1 Å². The van der Waals surface area contributed by atoms with Crippen LogP contribution in [0.4, 0.5) is 0 Å². The number of carbonyl (C=O) groups excluding carboxylic acids is 2. The summed E-state index contributed by atoms with van der Waals surface area (Å²) in [6.45, 7) is 2.71. The van der Waals surface area contributed by atoms with Crippen molar-refractivity contribution in [2.24, 2.45) is 5.92 Å². The van der Waals surface area contributed by atoms with Crippen LogP contribution in [0.1, 0.15) is 31.2 Å². The molecule has 136 valence electrons. The molecule has 2 aliphatic rings. The molecule has 5 nitrogen and oxygen atoms in total. The first-order valence-electron chi connectivity index (χ1n) is 9.32. The quantitative estimate of drug-likeness (QED) is 0.908. The molecule has 1 aromatic carbocycles. The minimum absolute atomic E-state index is 0.0201. The zero-order chi connectivity index (χ0) is 17.9. The molecule has 2 fully saturated rings. The van der Waals surface area contributed by atoms with Crippen molar-refractivity contribution in [3.8, 4) is 0 Å². The SMILES string of the molecule is CNC(=O)C1CN(C)CCN(C(=O)C2(c3ccccc3)CCCC2)C1. The van der Waals surface area contributed by atoms with Crippen molar-refractivity contribution in [1.29, 1.82) is 0 Å². The zero-order valence-corrected chi connectivity index (χ0v) is 15.3. The molecule has 0 radical (unpaired) electrons. The Kier molecular flexibility index (Phi) is 5.42. The highest BCUT2D eigenvalue weighted by atomic mass is 16.2. The summed E-state index contributed by atoms with van der Waals surface area (Å²) in [6.07, 6.45) is 4.00. The first-order valence-corrected chi connectivity index (χ1v) is 9.32. The van der Waals surface area contributed by atoms with Gasteiger partial charge in [-0.3, -0.25) is 9.59 Å². The minimum atomic E-state index is -0.405. The third-order valence-corrected chi connectivity index (χ3v) is 5.82. The second kappa shape index (κ2) is 7.56.